The Bertz CT molecular complexity index is 513. The molecule has 96 valence electrons. The second-order valence-corrected chi connectivity index (χ2v) is 4.31. The summed E-state index contributed by atoms with van der Waals surface area (Å²) < 4.78 is 1.21. The highest BCUT2D eigenvalue weighted by atomic mass is 16.6. The van der Waals surface area contributed by atoms with Crippen LogP contribution in [0.4, 0.5) is 5.69 Å². The van der Waals surface area contributed by atoms with Gasteiger partial charge in [0.2, 0.25) is 5.91 Å². The van der Waals surface area contributed by atoms with Gasteiger partial charge in [0.25, 0.3) is 0 Å². The zero-order valence-electron chi connectivity index (χ0n) is 10.5. The van der Waals surface area contributed by atoms with Gasteiger partial charge in [-0.3, -0.25) is 19.6 Å². The first kappa shape index (κ1) is 13.7. The molecule has 1 heterocycles. The standard InChI is InChI=1S/C11H14N4O3/c1-5-11(2,3)13(4)10(16)8-14-7-9(6-12-14)15(17)18/h1,6-7H,8H2,2-4H3. The van der Waals surface area contributed by atoms with Crippen LogP contribution in [0.5, 0.6) is 0 Å². The smallest absolute Gasteiger partial charge is 0.307 e. The van der Waals surface area contributed by atoms with E-state index in [1.165, 1.54) is 15.8 Å². The van der Waals surface area contributed by atoms with Gasteiger partial charge < -0.3 is 4.90 Å². The van der Waals surface area contributed by atoms with E-state index >= 15 is 0 Å². The van der Waals surface area contributed by atoms with Crippen molar-refractivity contribution in [3.05, 3.63) is 22.5 Å². The predicted molar refractivity (Wildman–Crippen MR) is 64.6 cm³/mol. The van der Waals surface area contributed by atoms with E-state index in [9.17, 15) is 14.9 Å². The minimum absolute atomic E-state index is 0.0878. The van der Waals surface area contributed by atoms with Crippen molar-refractivity contribution in [3.8, 4) is 12.3 Å². The van der Waals surface area contributed by atoms with Crippen LogP contribution in [0, 0.1) is 22.5 Å². The minimum atomic E-state index is -0.712. The lowest BCUT2D eigenvalue weighted by atomic mass is 10.1. The van der Waals surface area contributed by atoms with Crippen LogP contribution in [0.3, 0.4) is 0 Å². The second-order valence-electron chi connectivity index (χ2n) is 4.31. The number of terminal acetylenes is 1. The molecular weight excluding hydrogens is 236 g/mol. The first-order valence-electron chi connectivity index (χ1n) is 5.19. The van der Waals surface area contributed by atoms with Gasteiger partial charge in [-0.1, -0.05) is 5.92 Å². The van der Waals surface area contributed by atoms with E-state index in [4.69, 9.17) is 6.42 Å². The normalized spacial score (nSPS) is 10.8. The van der Waals surface area contributed by atoms with E-state index in [-0.39, 0.29) is 18.1 Å². The third kappa shape index (κ3) is 2.85. The highest BCUT2D eigenvalue weighted by Crippen LogP contribution is 2.12. The van der Waals surface area contributed by atoms with Crippen LogP contribution in [0.2, 0.25) is 0 Å². The van der Waals surface area contributed by atoms with Gasteiger partial charge in [-0.05, 0) is 13.8 Å². The summed E-state index contributed by atoms with van der Waals surface area (Å²) in [6.45, 7) is 3.38. The Hall–Kier alpha value is -2.36. The van der Waals surface area contributed by atoms with Gasteiger partial charge in [0.15, 0.2) is 0 Å². The summed E-state index contributed by atoms with van der Waals surface area (Å²) in [6.07, 6.45) is 7.63. The summed E-state index contributed by atoms with van der Waals surface area (Å²) in [5.41, 5.74) is -0.863. The topological polar surface area (TPSA) is 81.3 Å². The van der Waals surface area contributed by atoms with Gasteiger partial charge >= 0.3 is 5.69 Å². The molecule has 0 saturated heterocycles. The maximum Gasteiger partial charge on any atom is 0.307 e. The third-order valence-corrected chi connectivity index (χ3v) is 2.69. The quantitative estimate of drug-likeness (QED) is 0.446. The summed E-state index contributed by atoms with van der Waals surface area (Å²) in [7, 11) is 1.58. The van der Waals surface area contributed by atoms with Crippen LogP contribution in [-0.4, -0.2) is 38.1 Å². The Morgan fingerprint density at radius 1 is 1.72 bits per heavy atom. The van der Waals surface area contributed by atoms with Gasteiger partial charge in [-0.15, -0.1) is 6.42 Å². The van der Waals surface area contributed by atoms with Crippen molar-refractivity contribution in [3.63, 3.8) is 0 Å². The third-order valence-electron chi connectivity index (χ3n) is 2.69. The van der Waals surface area contributed by atoms with E-state index < -0.39 is 10.5 Å². The van der Waals surface area contributed by atoms with E-state index in [2.05, 4.69) is 11.0 Å². The van der Waals surface area contributed by atoms with E-state index in [1.807, 2.05) is 0 Å². The van der Waals surface area contributed by atoms with Crippen LogP contribution >= 0.6 is 0 Å². The zero-order valence-corrected chi connectivity index (χ0v) is 10.5. The van der Waals surface area contributed by atoms with Crippen LogP contribution < -0.4 is 0 Å². The molecular formula is C11H14N4O3. The highest BCUT2D eigenvalue weighted by Gasteiger charge is 2.25. The Balaban J connectivity index is 2.76. The summed E-state index contributed by atoms with van der Waals surface area (Å²) in [4.78, 5) is 23.2. The molecule has 0 aliphatic carbocycles. The van der Waals surface area contributed by atoms with Crippen molar-refractivity contribution < 1.29 is 9.72 Å². The van der Waals surface area contributed by atoms with Crippen molar-refractivity contribution in [2.45, 2.75) is 25.9 Å². The molecule has 0 atom stereocenters. The monoisotopic (exact) mass is 250 g/mol. The number of hydrogen-bond acceptors (Lipinski definition) is 4. The summed E-state index contributed by atoms with van der Waals surface area (Å²) >= 11 is 0. The lowest BCUT2D eigenvalue weighted by Gasteiger charge is -2.30. The average molecular weight is 250 g/mol. The molecule has 0 N–H and O–H groups in total. The molecule has 0 unspecified atom stereocenters. The van der Waals surface area contributed by atoms with Crippen molar-refractivity contribution in [2.75, 3.05) is 7.05 Å². The van der Waals surface area contributed by atoms with Crippen molar-refractivity contribution in [1.29, 1.82) is 0 Å². The summed E-state index contributed by atoms with van der Waals surface area (Å²) in [6, 6.07) is 0. The molecule has 0 aliphatic heterocycles. The number of amides is 1. The lowest BCUT2D eigenvalue weighted by Crippen LogP contribution is -2.45. The first-order valence-corrected chi connectivity index (χ1v) is 5.19. The Morgan fingerprint density at radius 2 is 2.33 bits per heavy atom. The summed E-state index contributed by atoms with van der Waals surface area (Å²) in [5, 5.41) is 14.2. The molecule has 18 heavy (non-hydrogen) atoms. The van der Waals surface area contributed by atoms with Crippen LogP contribution in [-0.2, 0) is 11.3 Å². The van der Waals surface area contributed by atoms with E-state index in [0.717, 1.165) is 6.20 Å². The molecule has 0 fully saturated rings. The number of aromatic nitrogens is 2. The number of hydrogen-bond donors (Lipinski definition) is 0. The first-order chi connectivity index (χ1) is 8.27. The van der Waals surface area contributed by atoms with E-state index in [0.29, 0.717) is 0 Å². The number of nitro groups is 1. The van der Waals surface area contributed by atoms with Crippen LogP contribution in [0.25, 0.3) is 0 Å². The van der Waals surface area contributed by atoms with Gasteiger partial charge in [0.1, 0.15) is 18.9 Å². The fraction of sp³-hybridized carbons (Fsp3) is 0.455. The minimum Gasteiger partial charge on any atom is -0.328 e. The molecule has 7 nitrogen and oxygen atoms in total. The van der Waals surface area contributed by atoms with Crippen LogP contribution in [0.1, 0.15) is 13.8 Å². The zero-order chi connectivity index (χ0) is 13.9. The molecule has 0 saturated carbocycles. The lowest BCUT2D eigenvalue weighted by molar-refractivity contribution is -0.385. The second kappa shape index (κ2) is 4.87. The molecule has 0 bridgehead atoms. The van der Waals surface area contributed by atoms with Crippen LogP contribution in [0.15, 0.2) is 12.4 Å². The Morgan fingerprint density at radius 3 is 2.78 bits per heavy atom. The fourth-order valence-corrected chi connectivity index (χ4v) is 1.19. The number of likely N-dealkylation sites (N-methyl/N-ethyl adjacent to an activating group) is 1. The molecule has 0 spiro atoms. The van der Waals surface area contributed by atoms with Crippen molar-refractivity contribution in [2.24, 2.45) is 0 Å². The number of carbonyl (C=O) groups is 1. The van der Waals surface area contributed by atoms with Gasteiger partial charge in [0.05, 0.1) is 10.5 Å². The van der Waals surface area contributed by atoms with Gasteiger partial charge in [-0.25, -0.2) is 0 Å². The Labute approximate surface area is 105 Å². The molecule has 1 amide bonds. The largest absolute Gasteiger partial charge is 0.328 e. The molecule has 1 aromatic heterocycles. The number of nitrogens with zero attached hydrogens (tertiary/aromatic N) is 4. The molecule has 7 heteroatoms. The van der Waals surface area contributed by atoms with Gasteiger partial charge in [0, 0.05) is 7.05 Å². The maximum absolute atomic E-state index is 11.9. The summed E-state index contributed by atoms with van der Waals surface area (Å²) in [5.74, 6) is 2.23. The average Bonchev–Trinajstić information content (AvgIpc) is 2.76. The highest BCUT2D eigenvalue weighted by molar-refractivity contribution is 5.77. The van der Waals surface area contributed by atoms with E-state index in [1.54, 1.807) is 20.9 Å². The Kier molecular flexibility index (Phi) is 3.71. The molecule has 0 aromatic carbocycles. The van der Waals surface area contributed by atoms with Crippen molar-refractivity contribution in [1.82, 2.24) is 14.7 Å². The van der Waals surface area contributed by atoms with Crippen molar-refractivity contribution >= 4 is 11.6 Å². The molecule has 0 radical (unpaired) electrons. The van der Waals surface area contributed by atoms with Gasteiger partial charge in [-0.2, -0.15) is 5.10 Å². The maximum atomic E-state index is 11.9. The number of rotatable bonds is 4. The molecule has 0 aliphatic rings. The molecule has 1 rings (SSSR count). The fourth-order valence-electron chi connectivity index (χ4n) is 1.19. The number of carbonyl (C=O) groups excluding carboxylic acids is 1. The predicted octanol–water partition coefficient (Wildman–Crippen LogP) is 0.661. The SMILES string of the molecule is C#CC(C)(C)N(C)C(=O)Cn1cc([N+](=O)[O-])cn1. The molecule has 1 aromatic rings.